The van der Waals surface area contributed by atoms with Crippen LogP contribution in [0, 0.1) is 0 Å². The van der Waals surface area contributed by atoms with Gasteiger partial charge < -0.3 is 4.84 Å². The van der Waals surface area contributed by atoms with Crippen molar-refractivity contribution < 1.29 is 9.63 Å². The molecule has 19 heavy (non-hydrogen) atoms. The van der Waals surface area contributed by atoms with Crippen molar-refractivity contribution in [1.82, 2.24) is 5.06 Å². The third-order valence-corrected chi connectivity index (χ3v) is 4.01. The fraction of sp³-hybridized carbons (Fsp3) is 0.562. The molecule has 1 saturated heterocycles. The summed E-state index contributed by atoms with van der Waals surface area (Å²) in [5.74, 6) is 0.498. The average molecular weight is 261 g/mol. The highest BCUT2D eigenvalue weighted by atomic mass is 16.7. The number of benzene rings is 1. The van der Waals surface area contributed by atoms with Crippen LogP contribution < -0.4 is 0 Å². The van der Waals surface area contributed by atoms with Crippen molar-refractivity contribution in [2.45, 2.75) is 57.5 Å². The van der Waals surface area contributed by atoms with Gasteiger partial charge in [0.05, 0.1) is 11.1 Å². The number of nitrogens with zero attached hydrogens (tertiary/aromatic N) is 1. The standard InChI is InChI=1S/C16H23NO2/c1-15(2)10-14(13-8-6-5-7-9-13)11-16(3,4)17(15)19-12-18/h5-9,12,14H,10-11H2,1-4H3. The maximum absolute atomic E-state index is 10.7. The van der Waals surface area contributed by atoms with E-state index in [1.807, 2.05) is 11.1 Å². The molecule has 1 aromatic carbocycles. The normalized spacial score (nSPS) is 22.9. The Morgan fingerprint density at radius 3 is 2.11 bits per heavy atom. The summed E-state index contributed by atoms with van der Waals surface area (Å²) in [7, 11) is 0. The van der Waals surface area contributed by atoms with Crippen LogP contribution in [0.15, 0.2) is 30.3 Å². The molecule has 1 aliphatic heterocycles. The fourth-order valence-corrected chi connectivity index (χ4v) is 3.55. The molecule has 1 fully saturated rings. The molecule has 0 N–H and O–H groups in total. The first-order valence-corrected chi connectivity index (χ1v) is 6.82. The minimum atomic E-state index is -0.164. The number of carbonyl (C=O) groups is 1. The lowest BCUT2D eigenvalue weighted by atomic mass is 9.73. The van der Waals surface area contributed by atoms with Gasteiger partial charge in [0.25, 0.3) is 0 Å². The zero-order valence-electron chi connectivity index (χ0n) is 12.2. The van der Waals surface area contributed by atoms with Gasteiger partial charge in [0.2, 0.25) is 0 Å². The summed E-state index contributed by atoms with van der Waals surface area (Å²) in [4.78, 5) is 16.0. The summed E-state index contributed by atoms with van der Waals surface area (Å²) in [6, 6.07) is 10.6. The van der Waals surface area contributed by atoms with Crippen LogP contribution in [0.5, 0.6) is 0 Å². The van der Waals surface area contributed by atoms with Gasteiger partial charge in [-0.3, -0.25) is 4.79 Å². The van der Waals surface area contributed by atoms with Gasteiger partial charge in [0.15, 0.2) is 0 Å². The Hall–Kier alpha value is -1.35. The molecule has 0 unspecified atom stereocenters. The average Bonchev–Trinajstić information content (AvgIpc) is 2.34. The van der Waals surface area contributed by atoms with E-state index in [4.69, 9.17) is 4.84 Å². The molecule has 0 atom stereocenters. The third kappa shape index (κ3) is 2.81. The van der Waals surface area contributed by atoms with Gasteiger partial charge >= 0.3 is 6.47 Å². The largest absolute Gasteiger partial charge is 0.370 e. The summed E-state index contributed by atoms with van der Waals surface area (Å²) < 4.78 is 0. The van der Waals surface area contributed by atoms with Crippen LogP contribution in [0.1, 0.15) is 52.0 Å². The van der Waals surface area contributed by atoms with Crippen LogP contribution in [0.2, 0.25) is 0 Å². The lowest BCUT2D eigenvalue weighted by Crippen LogP contribution is -2.59. The Balaban J connectivity index is 2.28. The highest BCUT2D eigenvalue weighted by Crippen LogP contribution is 2.45. The second-order valence-electron chi connectivity index (χ2n) is 6.64. The molecule has 0 amide bonds. The minimum absolute atomic E-state index is 0.164. The number of carbonyl (C=O) groups excluding carboxylic acids is 1. The summed E-state index contributed by atoms with van der Waals surface area (Å²) in [6.45, 7) is 9.06. The first-order valence-electron chi connectivity index (χ1n) is 6.82. The van der Waals surface area contributed by atoms with Gasteiger partial charge in [-0.15, -0.1) is 5.06 Å². The quantitative estimate of drug-likeness (QED) is 0.780. The minimum Gasteiger partial charge on any atom is -0.370 e. The molecule has 0 radical (unpaired) electrons. The molecular formula is C16H23NO2. The second-order valence-corrected chi connectivity index (χ2v) is 6.64. The summed E-state index contributed by atoms with van der Waals surface area (Å²) in [5, 5.41) is 1.85. The van der Waals surface area contributed by atoms with Crippen LogP contribution in [-0.4, -0.2) is 22.6 Å². The number of hydroxylamine groups is 2. The van der Waals surface area contributed by atoms with E-state index < -0.39 is 0 Å². The molecule has 104 valence electrons. The first-order chi connectivity index (χ1) is 8.87. The molecule has 3 heteroatoms. The number of hydrogen-bond acceptors (Lipinski definition) is 3. The number of piperidine rings is 1. The van der Waals surface area contributed by atoms with Gasteiger partial charge in [0, 0.05) is 0 Å². The lowest BCUT2D eigenvalue weighted by molar-refractivity contribution is -0.257. The molecule has 0 saturated carbocycles. The number of hydrogen-bond donors (Lipinski definition) is 0. The second kappa shape index (κ2) is 4.97. The van der Waals surface area contributed by atoms with Crippen molar-refractivity contribution >= 4 is 6.47 Å². The van der Waals surface area contributed by atoms with Crippen LogP contribution in [0.3, 0.4) is 0 Å². The maximum Gasteiger partial charge on any atom is 0.313 e. The smallest absolute Gasteiger partial charge is 0.313 e. The Morgan fingerprint density at radius 2 is 1.63 bits per heavy atom. The molecule has 0 aromatic heterocycles. The molecule has 3 nitrogen and oxygen atoms in total. The third-order valence-electron chi connectivity index (χ3n) is 4.01. The topological polar surface area (TPSA) is 29.5 Å². The maximum atomic E-state index is 10.7. The Labute approximate surface area is 115 Å². The zero-order valence-corrected chi connectivity index (χ0v) is 12.2. The molecule has 0 spiro atoms. The van der Waals surface area contributed by atoms with Gasteiger partial charge in [-0.2, -0.15) is 0 Å². The van der Waals surface area contributed by atoms with E-state index in [0.717, 1.165) is 12.8 Å². The molecule has 1 heterocycles. The summed E-state index contributed by atoms with van der Waals surface area (Å²) in [5.41, 5.74) is 1.04. The van der Waals surface area contributed by atoms with Gasteiger partial charge in [-0.25, -0.2) is 0 Å². The van der Waals surface area contributed by atoms with Crippen molar-refractivity contribution in [3.8, 4) is 0 Å². The highest BCUT2D eigenvalue weighted by molar-refractivity contribution is 5.37. The van der Waals surface area contributed by atoms with Gasteiger partial charge in [-0.05, 0) is 52.0 Å². The van der Waals surface area contributed by atoms with Crippen LogP contribution in [0.25, 0.3) is 0 Å². The first kappa shape index (κ1) is 14.1. The van der Waals surface area contributed by atoms with Crippen molar-refractivity contribution in [2.75, 3.05) is 0 Å². The van der Waals surface area contributed by atoms with E-state index in [9.17, 15) is 4.79 Å². The molecule has 2 rings (SSSR count). The summed E-state index contributed by atoms with van der Waals surface area (Å²) >= 11 is 0. The molecule has 0 bridgehead atoms. The van der Waals surface area contributed by atoms with E-state index in [1.165, 1.54) is 5.56 Å². The SMILES string of the molecule is CC1(C)CC(c2ccccc2)CC(C)(C)N1OC=O. The van der Waals surface area contributed by atoms with E-state index in [1.54, 1.807) is 0 Å². The van der Waals surface area contributed by atoms with E-state index in [0.29, 0.717) is 12.4 Å². The molecule has 1 aliphatic rings. The van der Waals surface area contributed by atoms with Crippen LogP contribution in [-0.2, 0) is 9.63 Å². The Bertz CT molecular complexity index is 421. The van der Waals surface area contributed by atoms with Gasteiger partial charge in [0.1, 0.15) is 0 Å². The molecule has 1 aromatic rings. The molecular weight excluding hydrogens is 238 g/mol. The van der Waals surface area contributed by atoms with Gasteiger partial charge in [-0.1, -0.05) is 30.3 Å². The predicted molar refractivity (Wildman–Crippen MR) is 75.6 cm³/mol. The Kier molecular flexibility index (Phi) is 3.68. The zero-order chi connectivity index (χ0) is 14.1. The monoisotopic (exact) mass is 261 g/mol. The van der Waals surface area contributed by atoms with Crippen molar-refractivity contribution in [1.29, 1.82) is 0 Å². The summed E-state index contributed by atoms with van der Waals surface area (Å²) in [6.07, 6.45) is 1.96. The van der Waals surface area contributed by atoms with Crippen molar-refractivity contribution in [2.24, 2.45) is 0 Å². The highest BCUT2D eigenvalue weighted by Gasteiger charge is 2.47. The Morgan fingerprint density at radius 1 is 1.11 bits per heavy atom. The van der Waals surface area contributed by atoms with E-state index in [-0.39, 0.29) is 11.1 Å². The van der Waals surface area contributed by atoms with Crippen molar-refractivity contribution in [3.63, 3.8) is 0 Å². The fourth-order valence-electron chi connectivity index (χ4n) is 3.55. The van der Waals surface area contributed by atoms with Crippen LogP contribution >= 0.6 is 0 Å². The number of rotatable bonds is 3. The van der Waals surface area contributed by atoms with Crippen LogP contribution in [0.4, 0.5) is 0 Å². The lowest BCUT2D eigenvalue weighted by Gasteiger charge is -2.52. The van der Waals surface area contributed by atoms with E-state index >= 15 is 0 Å². The van der Waals surface area contributed by atoms with E-state index in [2.05, 4.69) is 52.0 Å². The molecule has 0 aliphatic carbocycles. The predicted octanol–water partition coefficient (Wildman–Crippen LogP) is 3.51. The van der Waals surface area contributed by atoms with Crippen molar-refractivity contribution in [3.05, 3.63) is 35.9 Å².